The molecule has 0 saturated carbocycles. The van der Waals surface area contributed by atoms with Crippen LogP contribution in [0, 0.1) is 0 Å². The fourth-order valence-electron chi connectivity index (χ4n) is 3.79. The van der Waals surface area contributed by atoms with E-state index >= 15 is 0 Å². The first-order valence-electron chi connectivity index (χ1n) is 10.1. The first-order valence-corrected chi connectivity index (χ1v) is 11.0. The van der Waals surface area contributed by atoms with Crippen molar-refractivity contribution in [3.8, 4) is 0 Å². The van der Waals surface area contributed by atoms with Crippen molar-refractivity contribution in [2.24, 2.45) is 0 Å². The quantitative estimate of drug-likeness (QED) is 0.620. The SMILES string of the molecule is CN(Cc1ccccc1N1CCCC1)C(=O)c1cccc(NC(=O)c2cccs2)c1. The number of nitrogens with zero attached hydrogens (tertiary/aromatic N) is 2. The molecular weight excluding hydrogens is 394 g/mol. The highest BCUT2D eigenvalue weighted by Crippen LogP contribution is 2.26. The Balaban J connectivity index is 1.46. The van der Waals surface area contributed by atoms with E-state index in [0.29, 0.717) is 22.7 Å². The number of hydrogen-bond donors (Lipinski definition) is 1. The number of thiophene rings is 1. The molecule has 1 N–H and O–H groups in total. The fourth-order valence-corrected chi connectivity index (χ4v) is 4.41. The lowest BCUT2D eigenvalue weighted by Gasteiger charge is -2.24. The van der Waals surface area contributed by atoms with Gasteiger partial charge in [0.1, 0.15) is 0 Å². The number of hydrogen-bond acceptors (Lipinski definition) is 4. The number of nitrogens with one attached hydrogen (secondary N) is 1. The van der Waals surface area contributed by atoms with Crippen LogP contribution in [0.5, 0.6) is 0 Å². The van der Waals surface area contributed by atoms with Gasteiger partial charge >= 0.3 is 0 Å². The summed E-state index contributed by atoms with van der Waals surface area (Å²) in [4.78, 5) is 30.1. The molecule has 1 aliphatic rings. The van der Waals surface area contributed by atoms with Crippen LogP contribution in [0.2, 0.25) is 0 Å². The van der Waals surface area contributed by atoms with Gasteiger partial charge in [0.2, 0.25) is 0 Å². The van der Waals surface area contributed by atoms with Gasteiger partial charge in [-0.1, -0.05) is 30.3 Å². The Labute approximate surface area is 180 Å². The highest BCUT2D eigenvalue weighted by atomic mass is 32.1. The van der Waals surface area contributed by atoms with E-state index < -0.39 is 0 Å². The fraction of sp³-hybridized carbons (Fsp3) is 0.250. The Morgan fingerprint density at radius 2 is 1.83 bits per heavy atom. The molecule has 0 radical (unpaired) electrons. The average Bonchev–Trinajstić information content (AvgIpc) is 3.48. The largest absolute Gasteiger partial charge is 0.371 e. The zero-order chi connectivity index (χ0) is 20.9. The Kier molecular flexibility index (Phi) is 6.14. The van der Waals surface area contributed by atoms with Gasteiger partial charge in [-0.25, -0.2) is 0 Å². The first kappa shape index (κ1) is 20.2. The third kappa shape index (κ3) is 4.54. The molecule has 1 fully saturated rings. The van der Waals surface area contributed by atoms with E-state index in [1.54, 1.807) is 35.2 Å². The van der Waals surface area contributed by atoms with Gasteiger partial charge in [-0.15, -0.1) is 11.3 Å². The van der Waals surface area contributed by atoms with Gasteiger partial charge in [-0.05, 0) is 54.1 Å². The number of rotatable bonds is 6. The number of anilines is 2. The van der Waals surface area contributed by atoms with Crippen LogP contribution in [-0.4, -0.2) is 36.9 Å². The van der Waals surface area contributed by atoms with Crippen molar-refractivity contribution in [3.05, 3.63) is 82.0 Å². The van der Waals surface area contributed by atoms with Gasteiger partial charge < -0.3 is 15.1 Å². The van der Waals surface area contributed by atoms with E-state index in [9.17, 15) is 9.59 Å². The van der Waals surface area contributed by atoms with Gasteiger partial charge in [-0.2, -0.15) is 0 Å². The van der Waals surface area contributed by atoms with Gasteiger partial charge in [0, 0.05) is 43.6 Å². The Hall–Kier alpha value is -3.12. The van der Waals surface area contributed by atoms with Crippen molar-refractivity contribution in [2.45, 2.75) is 19.4 Å². The predicted octanol–water partition coefficient (Wildman–Crippen LogP) is 4.87. The molecule has 5 nitrogen and oxygen atoms in total. The van der Waals surface area contributed by atoms with Gasteiger partial charge in [0.15, 0.2) is 0 Å². The zero-order valence-electron chi connectivity index (χ0n) is 17.0. The number of carbonyl (C=O) groups is 2. The summed E-state index contributed by atoms with van der Waals surface area (Å²) >= 11 is 1.39. The summed E-state index contributed by atoms with van der Waals surface area (Å²) in [5, 5.41) is 4.73. The van der Waals surface area contributed by atoms with E-state index in [0.717, 1.165) is 18.7 Å². The topological polar surface area (TPSA) is 52.6 Å². The van der Waals surface area contributed by atoms with E-state index in [1.165, 1.54) is 29.9 Å². The summed E-state index contributed by atoms with van der Waals surface area (Å²) < 4.78 is 0. The van der Waals surface area contributed by atoms with E-state index in [2.05, 4.69) is 28.4 Å². The lowest BCUT2D eigenvalue weighted by Crippen LogP contribution is -2.28. The van der Waals surface area contributed by atoms with Crippen molar-refractivity contribution >= 4 is 34.5 Å². The van der Waals surface area contributed by atoms with Crippen LogP contribution in [0.1, 0.15) is 38.4 Å². The van der Waals surface area contributed by atoms with Crippen LogP contribution < -0.4 is 10.2 Å². The summed E-state index contributed by atoms with van der Waals surface area (Å²) in [5.41, 5.74) is 3.54. The van der Waals surface area contributed by atoms with Crippen molar-refractivity contribution in [1.29, 1.82) is 0 Å². The Morgan fingerprint density at radius 1 is 1.03 bits per heavy atom. The number of carbonyl (C=O) groups excluding carboxylic acids is 2. The summed E-state index contributed by atoms with van der Waals surface area (Å²) in [7, 11) is 1.82. The predicted molar refractivity (Wildman–Crippen MR) is 122 cm³/mol. The Bertz CT molecular complexity index is 1030. The molecule has 0 aliphatic carbocycles. The lowest BCUT2D eigenvalue weighted by atomic mass is 10.1. The minimum Gasteiger partial charge on any atom is -0.371 e. The van der Waals surface area contributed by atoms with Crippen LogP contribution in [0.4, 0.5) is 11.4 Å². The van der Waals surface area contributed by atoms with Crippen LogP contribution in [0.3, 0.4) is 0 Å². The maximum atomic E-state index is 13.0. The summed E-state index contributed by atoms with van der Waals surface area (Å²) in [5.74, 6) is -0.235. The standard InChI is InChI=1S/C24H25N3O2S/c1-26(17-19-8-2-3-11-21(19)27-13-4-5-14-27)24(29)18-9-6-10-20(16-18)25-23(28)22-12-7-15-30-22/h2-3,6-12,15-16H,4-5,13-14,17H2,1H3,(H,25,28). The minimum atomic E-state index is -0.164. The van der Waals surface area contributed by atoms with E-state index in [1.807, 2.05) is 24.6 Å². The second-order valence-electron chi connectivity index (χ2n) is 7.50. The average molecular weight is 420 g/mol. The highest BCUT2D eigenvalue weighted by Gasteiger charge is 2.19. The Morgan fingerprint density at radius 3 is 2.60 bits per heavy atom. The molecule has 0 bridgehead atoms. The van der Waals surface area contributed by atoms with Crippen molar-refractivity contribution < 1.29 is 9.59 Å². The third-order valence-corrected chi connectivity index (χ3v) is 6.17. The molecule has 3 aromatic rings. The maximum Gasteiger partial charge on any atom is 0.265 e. The van der Waals surface area contributed by atoms with Crippen LogP contribution in [-0.2, 0) is 6.54 Å². The molecule has 0 spiro atoms. The molecule has 4 rings (SSSR count). The molecule has 1 aliphatic heterocycles. The molecule has 0 unspecified atom stereocenters. The molecule has 30 heavy (non-hydrogen) atoms. The molecule has 2 amide bonds. The molecule has 1 aromatic heterocycles. The third-order valence-electron chi connectivity index (χ3n) is 5.30. The zero-order valence-corrected chi connectivity index (χ0v) is 17.8. The molecule has 2 aromatic carbocycles. The molecular formula is C24H25N3O2S. The van der Waals surface area contributed by atoms with Crippen LogP contribution >= 0.6 is 11.3 Å². The van der Waals surface area contributed by atoms with E-state index in [4.69, 9.17) is 0 Å². The summed E-state index contributed by atoms with van der Waals surface area (Å²) in [6.45, 7) is 2.68. The number of amides is 2. The lowest BCUT2D eigenvalue weighted by molar-refractivity contribution is 0.0785. The van der Waals surface area contributed by atoms with Crippen LogP contribution in [0.25, 0.3) is 0 Å². The molecule has 1 saturated heterocycles. The minimum absolute atomic E-state index is 0.0709. The maximum absolute atomic E-state index is 13.0. The van der Waals surface area contributed by atoms with Crippen molar-refractivity contribution in [1.82, 2.24) is 4.90 Å². The molecule has 6 heteroatoms. The normalized spacial score (nSPS) is 13.3. The molecule has 0 atom stereocenters. The smallest absolute Gasteiger partial charge is 0.265 e. The van der Waals surface area contributed by atoms with Crippen molar-refractivity contribution in [3.63, 3.8) is 0 Å². The van der Waals surface area contributed by atoms with Gasteiger partial charge in [-0.3, -0.25) is 9.59 Å². The van der Waals surface area contributed by atoms with E-state index in [-0.39, 0.29) is 11.8 Å². The van der Waals surface area contributed by atoms with Crippen molar-refractivity contribution in [2.75, 3.05) is 30.4 Å². The molecule has 2 heterocycles. The number of para-hydroxylation sites is 1. The second-order valence-corrected chi connectivity index (χ2v) is 8.44. The number of benzene rings is 2. The highest BCUT2D eigenvalue weighted by molar-refractivity contribution is 7.12. The summed E-state index contributed by atoms with van der Waals surface area (Å²) in [6.07, 6.45) is 2.43. The second kappa shape index (κ2) is 9.13. The van der Waals surface area contributed by atoms with Gasteiger partial charge in [0.25, 0.3) is 11.8 Å². The molecule has 154 valence electrons. The first-order chi connectivity index (χ1) is 14.6. The summed E-state index contributed by atoms with van der Waals surface area (Å²) in [6, 6.07) is 19.0. The van der Waals surface area contributed by atoms with Crippen LogP contribution in [0.15, 0.2) is 66.0 Å². The monoisotopic (exact) mass is 419 g/mol. The van der Waals surface area contributed by atoms with Gasteiger partial charge in [0.05, 0.1) is 4.88 Å².